The molecule has 1 aromatic heterocycles. The van der Waals surface area contributed by atoms with Crippen LogP contribution in [0.1, 0.15) is 30.0 Å². The van der Waals surface area contributed by atoms with Gasteiger partial charge in [-0.15, -0.1) is 0 Å². The Labute approximate surface area is 117 Å². The number of aromatic nitrogens is 2. The molecule has 0 radical (unpaired) electrons. The first-order valence-corrected chi connectivity index (χ1v) is 6.66. The highest BCUT2D eigenvalue weighted by Gasteiger charge is 2.17. The van der Waals surface area contributed by atoms with Crippen LogP contribution < -0.4 is 5.73 Å². The van der Waals surface area contributed by atoms with Crippen molar-refractivity contribution in [2.24, 2.45) is 0 Å². The van der Waals surface area contributed by atoms with Crippen molar-refractivity contribution in [2.75, 3.05) is 5.73 Å². The van der Waals surface area contributed by atoms with Gasteiger partial charge in [0.05, 0.1) is 22.5 Å². The van der Waals surface area contributed by atoms with E-state index in [2.05, 4.69) is 5.10 Å². The lowest BCUT2D eigenvalue weighted by Crippen LogP contribution is -2.09. The Morgan fingerprint density at radius 2 is 2.21 bits per heavy atom. The zero-order valence-corrected chi connectivity index (χ0v) is 11.9. The van der Waals surface area contributed by atoms with Gasteiger partial charge in [-0.2, -0.15) is 5.10 Å². The largest absolute Gasteiger partial charge is 0.399 e. The maximum atomic E-state index is 10.3. The summed E-state index contributed by atoms with van der Waals surface area (Å²) in [6.45, 7) is 4.59. The van der Waals surface area contributed by atoms with Gasteiger partial charge in [0.15, 0.2) is 0 Å². The van der Waals surface area contributed by atoms with Crippen molar-refractivity contribution in [3.05, 3.63) is 46.2 Å². The lowest BCUT2D eigenvalue weighted by atomic mass is 10.0. The molecule has 3 N–H and O–H groups in total. The highest BCUT2D eigenvalue weighted by atomic mass is 35.5. The summed E-state index contributed by atoms with van der Waals surface area (Å²) in [4.78, 5) is 0. The van der Waals surface area contributed by atoms with Crippen LogP contribution in [0.25, 0.3) is 0 Å². The van der Waals surface area contributed by atoms with Crippen molar-refractivity contribution < 1.29 is 5.11 Å². The van der Waals surface area contributed by atoms with Crippen LogP contribution >= 0.6 is 11.6 Å². The molecule has 4 nitrogen and oxygen atoms in total. The number of aryl methyl sites for hydroxylation is 2. The second-order valence-electron chi connectivity index (χ2n) is 4.55. The summed E-state index contributed by atoms with van der Waals surface area (Å²) in [5.41, 5.74) is 8.80. The van der Waals surface area contributed by atoms with Crippen molar-refractivity contribution >= 4 is 17.3 Å². The third-order valence-corrected chi connectivity index (χ3v) is 3.63. The van der Waals surface area contributed by atoms with Crippen LogP contribution in [0.4, 0.5) is 5.69 Å². The molecule has 1 unspecified atom stereocenters. The third-order valence-electron chi connectivity index (χ3n) is 3.13. The first kappa shape index (κ1) is 13.9. The molecule has 0 fully saturated rings. The molecule has 5 heteroatoms. The Balaban J connectivity index is 2.26. The van der Waals surface area contributed by atoms with Crippen molar-refractivity contribution in [1.82, 2.24) is 9.78 Å². The average Bonchev–Trinajstić information content (AvgIpc) is 2.66. The van der Waals surface area contributed by atoms with Crippen molar-refractivity contribution in [3.8, 4) is 0 Å². The van der Waals surface area contributed by atoms with Gasteiger partial charge in [0.2, 0.25) is 0 Å². The predicted molar refractivity (Wildman–Crippen MR) is 77.2 cm³/mol. The molecule has 19 heavy (non-hydrogen) atoms. The van der Waals surface area contributed by atoms with Gasteiger partial charge in [0.25, 0.3) is 0 Å². The van der Waals surface area contributed by atoms with Gasteiger partial charge in [-0.3, -0.25) is 4.68 Å². The number of benzene rings is 1. The number of aliphatic hydroxyl groups excluding tert-OH is 1. The Morgan fingerprint density at radius 3 is 2.84 bits per heavy atom. The highest BCUT2D eigenvalue weighted by Crippen LogP contribution is 2.26. The van der Waals surface area contributed by atoms with E-state index in [9.17, 15) is 5.11 Å². The van der Waals surface area contributed by atoms with Gasteiger partial charge in [0, 0.05) is 18.7 Å². The van der Waals surface area contributed by atoms with Crippen LogP contribution in [-0.2, 0) is 13.0 Å². The summed E-state index contributed by atoms with van der Waals surface area (Å²) in [7, 11) is 0. The summed E-state index contributed by atoms with van der Waals surface area (Å²) in [5.74, 6) is 0. The van der Waals surface area contributed by atoms with Gasteiger partial charge in [-0.1, -0.05) is 23.7 Å². The van der Waals surface area contributed by atoms with E-state index in [1.54, 1.807) is 12.1 Å². The fraction of sp³-hybridized carbons (Fsp3) is 0.357. The Morgan fingerprint density at radius 1 is 1.47 bits per heavy atom. The minimum Gasteiger partial charge on any atom is -0.399 e. The van der Waals surface area contributed by atoms with E-state index >= 15 is 0 Å². The Hall–Kier alpha value is -1.52. The van der Waals surface area contributed by atoms with Crippen LogP contribution in [0.5, 0.6) is 0 Å². The molecule has 2 aromatic rings. The smallest absolute Gasteiger partial charge is 0.0848 e. The lowest BCUT2D eigenvalue weighted by Gasteiger charge is -2.13. The fourth-order valence-corrected chi connectivity index (χ4v) is 2.34. The molecular formula is C14H18ClN3O. The number of hydrogen-bond acceptors (Lipinski definition) is 3. The zero-order valence-electron chi connectivity index (χ0n) is 11.1. The molecule has 0 aliphatic carbocycles. The van der Waals surface area contributed by atoms with Gasteiger partial charge in [-0.25, -0.2) is 0 Å². The van der Waals surface area contributed by atoms with Gasteiger partial charge < -0.3 is 10.8 Å². The molecule has 0 amide bonds. The minimum absolute atomic E-state index is 0.428. The van der Waals surface area contributed by atoms with Gasteiger partial charge in [-0.05, 0) is 31.5 Å². The molecule has 0 bridgehead atoms. The summed E-state index contributed by atoms with van der Waals surface area (Å²) < 4.78 is 1.83. The molecule has 0 spiro atoms. The molecule has 1 aromatic carbocycles. The summed E-state index contributed by atoms with van der Waals surface area (Å²) in [5, 5.41) is 15.3. The molecule has 2 rings (SSSR count). The van der Waals surface area contributed by atoms with E-state index in [1.807, 2.05) is 30.7 Å². The number of nitrogen functional groups attached to an aromatic ring is 1. The maximum Gasteiger partial charge on any atom is 0.0848 e. The molecule has 0 aliphatic rings. The van der Waals surface area contributed by atoms with E-state index in [0.29, 0.717) is 17.1 Å². The monoisotopic (exact) mass is 279 g/mol. The first-order valence-electron chi connectivity index (χ1n) is 6.28. The minimum atomic E-state index is -0.637. The third kappa shape index (κ3) is 2.91. The first-order chi connectivity index (χ1) is 9.02. The van der Waals surface area contributed by atoms with Gasteiger partial charge in [0.1, 0.15) is 0 Å². The van der Waals surface area contributed by atoms with Gasteiger partial charge >= 0.3 is 0 Å². The average molecular weight is 280 g/mol. The lowest BCUT2D eigenvalue weighted by molar-refractivity contribution is 0.175. The zero-order chi connectivity index (χ0) is 14.0. The molecule has 0 saturated carbocycles. The molecule has 0 saturated heterocycles. The predicted octanol–water partition coefficient (Wildman–Crippen LogP) is 2.72. The Bertz CT molecular complexity index is 580. The van der Waals surface area contributed by atoms with Crippen molar-refractivity contribution in [1.29, 1.82) is 0 Å². The van der Waals surface area contributed by atoms with E-state index in [-0.39, 0.29) is 0 Å². The quantitative estimate of drug-likeness (QED) is 0.846. The van der Waals surface area contributed by atoms with E-state index in [0.717, 1.165) is 23.5 Å². The van der Waals surface area contributed by atoms with E-state index in [1.165, 1.54) is 0 Å². The van der Waals surface area contributed by atoms with Crippen LogP contribution in [0.2, 0.25) is 5.02 Å². The summed E-state index contributed by atoms with van der Waals surface area (Å²) >= 11 is 6.24. The van der Waals surface area contributed by atoms with Crippen LogP contribution in [-0.4, -0.2) is 14.9 Å². The maximum absolute atomic E-state index is 10.3. The van der Waals surface area contributed by atoms with E-state index < -0.39 is 6.10 Å². The van der Waals surface area contributed by atoms with Crippen molar-refractivity contribution in [2.45, 2.75) is 32.9 Å². The number of nitrogens with zero attached hydrogens (tertiary/aromatic N) is 2. The fourth-order valence-electron chi connectivity index (χ4n) is 2.13. The second kappa shape index (κ2) is 5.63. The summed E-state index contributed by atoms with van der Waals surface area (Å²) in [6.07, 6.45) is -0.209. The van der Waals surface area contributed by atoms with Crippen molar-refractivity contribution in [3.63, 3.8) is 0 Å². The molecule has 0 aliphatic heterocycles. The van der Waals surface area contributed by atoms with E-state index in [4.69, 9.17) is 17.3 Å². The standard InChI is InChI=1S/C14H18ClN3O/c1-3-18-12(14(15)9(2)17-18)8-13(19)10-5-4-6-11(16)7-10/h4-7,13,19H,3,8,16H2,1-2H3. The number of aliphatic hydroxyl groups is 1. The van der Waals surface area contributed by atoms with Crippen LogP contribution in [0.3, 0.4) is 0 Å². The number of nitrogens with two attached hydrogens (primary N) is 1. The highest BCUT2D eigenvalue weighted by molar-refractivity contribution is 6.31. The molecule has 1 atom stereocenters. The van der Waals surface area contributed by atoms with Crippen LogP contribution in [0.15, 0.2) is 24.3 Å². The molecule has 1 heterocycles. The number of halogens is 1. The Kier molecular flexibility index (Phi) is 4.12. The second-order valence-corrected chi connectivity index (χ2v) is 4.93. The molecule has 102 valence electrons. The summed E-state index contributed by atoms with van der Waals surface area (Å²) in [6, 6.07) is 7.26. The number of hydrogen-bond donors (Lipinski definition) is 2. The van der Waals surface area contributed by atoms with Crippen LogP contribution in [0, 0.1) is 6.92 Å². The normalized spacial score (nSPS) is 12.6. The molecular weight excluding hydrogens is 262 g/mol. The number of rotatable bonds is 4. The number of anilines is 1. The SMILES string of the molecule is CCn1nc(C)c(Cl)c1CC(O)c1cccc(N)c1. The topological polar surface area (TPSA) is 64.1 Å².